The van der Waals surface area contributed by atoms with E-state index in [1.54, 1.807) is 0 Å². The Morgan fingerprint density at radius 2 is 1.02 bits per heavy atom. The van der Waals surface area contributed by atoms with E-state index in [9.17, 15) is 0 Å². The van der Waals surface area contributed by atoms with Gasteiger partial charge in [-0.2, -0.15) is 0 Å². The van der Waals surface area contributed by atoms with Gasteiger partial charge in [0.15, 0.2) is 5.84 Å². The van der Waals surface area contributed by atoms with E-state index in [2.05, 4.69) is 164 Å². The second-order valence-electron chi connectivity index (χ2n) is 15.2. The molecule has 0 aromatic heterocycles. The molecule has 1 spiro atoms. The van der Waals surface area contributed by atoms with Crippen LogP contribution in [0.15, 0.2) is 216 Å². The second kappa shape index (κ2) is 13.3. The van der Waals surface area contributed by atoms with Crippen molar-refractivity contribution in [1.29, 1.82) is 0 Å². The van der Waals surface area contributed by atoms with Crippen LogP contribution >= 0.6 is 0 Å². The van der Waals surface area contributed by atoms with Gasteiger partial charge >= 0.3 is 0 Å². The standard InChI is InChI=1S/C54H37N3O/c1-34-51(36-14-4-2-5-15-36)56-53(57-52(34)37-16-6-3-7-17-37)41-31-39(35-24-27-42(55)28-25-35)30-40(32-41)38-26-29-44-43-18-8-9-19-45(43)54(48(44)33-38)46-20-10-12-22-49(46)58-50-23-13-11-21-47(50)54/h2-33,51H,1,55H2. The molecule has 3 aliphatic rings. The zero-order valence-electron chi connectivity index (χ0n) is 31.6. The second-order valence-corrected chi connectivity index (χ2v) is 15.2. The zero-order valence-corrected chi connectivity index (χ0v) is 31.6. The molecule has 2 N–H and O–H groups in total. The van der Waals surface area contributed by atoms with Crippen molar-refractivity contribution in [2.45, 2.75) is 11.5 Å². The molecule has 0 bridgehead atoms. The van der Waals surface area contributed by atoms with Crippen LogP contribution in [0.2, 0.25) is 0 Å². The van der Waals surface area contributed by atoms with Crippen LogP contribution in [0.4, 0.5) is 5.69 Å². The zero-order chi connectivity index (χ0) is 38.8. The summed E-state index contributed by atoms with van der Waals surface area (Å²) in [6.45, 7) is 4.56. The predicted molar refractivity (Wildman–Crippen MR) is 237 cm³/mol. The van der Waals surface area contributed by atoms with Crippen molar-refractivity contribution in [3.8, 4) is 44.9 Å². The number of nitrogens with two attached hydrogens (primary N) is 1. The maximum absolute atomic E-state index is 6.61. The Balaban J connectivity index is 1.15. The molecule has 0 amide bonds. The first kappa shape index (κ1) is 33.8. The molecule has 0 radical (unpaired) electrons. The minimum atomic E-state index is -0.573. The molecule has 1 aliphatic carbocycles. The summed E-state index contributed by atoms with van der Waals surface area (Å²) in [6.07, 6.45) is 0. The summed E-state index contributed by atoms with van der Waals surface area (Å²) < 4.78 is 6.61. The van der Waals surface area contributed by atoms with Gasteiger partial charge in [-0.3, -0.25) is 4.99 Å². The molecule has 0 saturated heterocycles. The topological polar surface area (TPSA) is 60.0 Å². The van der Waals surface area contributed by atoms with E-state index in [1.165, 1.54) is 22.3 Å². The number of rotatable bonds is 5. The highest BCUT2D eigenvalue weighted by atomic mass is 16.5. The third kappa shape index (κ3) is 5.23. The van der Waals surface area contributed by atoms with E-state index in [1.807, 2.05) is 36.4 Å². The first-order chi connectivity index (χ1) is 28.6. The Labute approximate surface area is 338 Å². The Kier molecular flexibility index (Phi) is 7.73. The highest BCUT2D eigenvalue weighted by molar-refractivity contribution is 6.22. The van der Waals surface area contributed by atoms with E-state index in [-0.39, 0.29) is 6.04 Å². The minimum absolute atomic E-state index is 0.292. The Hall–Kier alpha value is -7.56. The van der Waals surface area contributed by atoms with Crippen molar-refractivity contribution >= 4 is 17.2 Å². The van der Waals surface area contributed by atoms with Crippen molar-refractivity contribution in [3.05, 3.63) is 245 Å². The Morgan fingerprint density at radius 3 is 1.72 bits per heavy atom. The normalized spacial score (nSPS) is 15.7. The number of hydrogen-bond donors (Lipinski definition) is 1. The van der Waals surface area contributed by atoms with Crippen molar-refractivity contribution in [2.24, 2.45) is 9.98 Å². The van der Waals surface area contributed by atoms with Crippen LogP contribution in [0.5, 0.6) is 11.5 Å². The highest BCUT2D eigenvalue weighted by Gasteiger charge is 2.51. The summed E-state index contributed by atoms with van der Waals surface area (Å²) in [5.41, 5.74) is 22.5. The minimum Gasteiger partial charge on any atom is -0.457 e. The fourth-order valence-electron chi connectivity index (χ4n) is 9.23. The van der Waals surface area contributed by atoms with Crippen molar-refractivity contribution in [1.82, 2.24) is 0 Å². The van der Waals surface area contributed by atoms with Crippen LogP contribution in [0.1, 0.15) is 45.0 Å². The largest absolute Gasteiger partial charge is 0.457 e. The molecular formula is C54H37N3O. The van der Waals surface area contributed by atoms with Crippen molar-refractivity contribution in [3.63, 3.8) is 0 Å². The van der Waals surface area contributed by atoms with Gasteiger partial charge in [0.05, 0.1) is 11.1 Å². The highest BCUT2D eigenvalue weighted by Crippen LogP contribution is 2.62. The summed E-state index contributed by atoms with van der Waals surface area (Å²) in [6, 6.07) is 68.0. The molecule has 1 atom stereocenters. The van der Waals surface area contributed by atoms with Crippen LogP contribution in [0, 0.1) is 0 Å². The Morgan fingerprint density at radius 1 is 0.466 bits per heavy atom. The van der Waals surface area contributed by atoms with Crippen LogP contribution in [0.25, 0.3) is 33.4 Å². The van der Waals surface area contributed by atoms with Crippen LogP contribution in [-0.4, -0.2) is 11.5 Å². The van der Waals surface area contributed by atoms with Crippen molar-refractivity contribution < 1.29 is 4.74 Å². The van der Waals surface area contributed by atoms with Crippen LogP contribution < -0.4 is 10.5 Å². The maximum Gasteiger partial charge on any atom is 0.156 e. The number of nitrogens with zero attached hydrogens (tertiary/aromatic N) is 2. The van der Waals surface area contributed by atoms with Gasteiger partial charge in [0.1, 0.15) is 17.5 Å². The quantitative estimate of drug-likeness (QED) is 0.178. The monoisotopic (exact) mass is 743 g/mol. The molecule has 274 valence electrons. The van der Waals surface area contributed by atoms with E-state index in [4.69, 9.17) is 20.5 Å². The van der Waals surface area contributed by atoms with E-state index in [0.29, 0.717) is 5.84 Å². The van der Waals surface area contributed by atoms with Crippen LogP contribution in [0.3, 0.4) is 0 Å². The molecule has 2 aliphatic heterocycles. The average Bonchev–Trinajstić information content (AvgIpc) is 3.57. The third-order valence-electron chi connectivity index (χ3n) is 11.9. The number of aliphatic imine (C=N–C) groups is 2. The molecule has 0 saturated carbocycles. The fraction of sp³-hybridized carbons (Fsp3) is 0.0370. The lowest BCUT2D eigenvalue weighted by molar-refractivity contribution is 0.436. The molecule has 0 fully saturated rings. The summed E-state index contributed by atoms with van der Waals surface area (Å²) in [5, 5.41) is 0. The predicted octanol–water partition coefficient (Wildman–Crippen LogP) is 12.6. The molecule has 58 heavy (non-hydrogen) atoms. The number of benzene rings is 8. The number of hydrogen-bond acceptors (Lipinski definition) is 4. The molecular weight excluding hydrogens is 707 g/mol. The van der Waals surface area contributed by atoms with E-state index >= 15 is 0 Å². The van der Waals surface area contributed by atoms with Crippen molar-refractivity contribution in [2.75, 3.05) is 5.73 Å². The summed E-state index contributed by atoms with van der Waals surface area (Å²) in [4.78, 5) is 10.7. The maximum atomic E-state index is 6.61. The smallest absolute Gasteiger partial charge is 0.156 e. The van der Waals surface area contributed by atoms with Crippen LogP contribution in [-0.2, 0) is 5.41 Å². The van der Waals surface area contributed by atoms with Gasteiger partial charge in [-0.25, -0.2) is 4.99 Å². The molecule has 8 aromatic rings. The van der Waals surface area contributed by atoms with Gasteiger partial charge in [-0.05, 0) is 98.6 Å². The lowest BCUT2D eigenvalue weighted by Crippen LogP contribution is -2.32. The third-order valence-corrected chi connectivity index (χ3v) is 11.9. The molecule has 2 heterocycles. The molecule has 4 nitrogen and oxygen atoms in total. The van der Waals surface area contributed by atoms with Gasteiger partial charge in [-0.1, -0.05) is 152 Å². The molecule has 1 unspecified atom stereocenters. The number of nitrogen functional groups attached to an aromatic ring is 1. The number of ether oxygens (including phenoxy) is 1. The lowest BCUT2D eigenvalue weighted by atomic mass is 9.66. The molecule has 8 aromatic carbocycles. The first-order valence-corrected chi connectivity index (χ1v) is 19.7. The number of amidine groups is 1. The van der Waals surface area contributed by atoms with Gasteiger partial charge in [0.2, 0.25) is 0 Å². The van der Waals surface area contributed by atoms with E-state index in [0.717, 1.165) is 78.5 Å². The van der Waals surface area contributed by atoms with Gasteiger partial charge in [0.25, 0.3) is 0 Å². The Bertz CT molecular complexity index is 2950. The summed E-state index contributed by atoms with van der Waals surface area (Å²) in [7, 11) is 0. The van der Waals surface area contributed by atoms with Gasteiger partial charge in [-0.15, -0.1) is 0 Å². The van der Waals surface area contributed by atoms with E-state index < -0.39 is 5.41 Å². The van der Waals surface area contributed by atoms with Gasteiger partial charge < -0.3 is 10.5 Å². The summed E-state index contributed by atoms with van der Waals surface area (Å²) >= 11 is 0. The summed E-state index contributed by atoms with van der Waals surface area (Å²) in [5.74, 6) is 2.41. The number of anilines is 1. The SMILES string of the molecule is C=C1C(c2ccccc2)=NC(c2cc(-c3ccc(N)cc3)cc(-c3ccc4c(c3)C3(c5ccccc5Oc5ccccc53)c3ccccc3-4)c2)=NC1c1ccccc1. The first-order valence-electron chi connectivity index (χ1n) is 19.7. The molecule has 11 rings (SSSR count). The van der Waals surface area contributed by atoms with Gasteiger partial charge in [0, 0.05) is 33.5 Å². The fourth-order valence-corrected chi connectivity index (χ4v) is 9.23. The number of para-hydroxylation sites is 2. The number of fused-ring (bicyclic) bond motifs is 9. The molecule has 4 heteroatoms. The lowest BCUT2D eigenvalue weighted by Gasteiger charge is -2.39. The average molecular weight is 744 g/mol.